The highest BCUT2D eigenvalue weighted by Crippen LogP contribution is 2.37. The molecule has 2 aliphatic rings. The van der Waals surface area contributed by atoms with Crippen molar-refractivity contribution in [2.45, 2.75) is 32.1 Å². The van der Waals surface area contributed by atoms with Crippen LogP contribution < -0.4 is 10.6 Å². The first-order chi connectivity index (χ1) is 17.3. The molecule has 3 aromatic rings. The van der Waals surface area contributed by atoms with E-state index >= 15 is 0 Å². The Morgan fingerprint density at radius 1 is 1.08 bits per heavy atom. The number of aliphatic carboxylic acids is 1. The van der Waals surface area contributed by atoms with Crippen LogP contribution in [0.15, 0.2) is 42.5 Å². The number of carboxylic acid groups (broad SMARTS) is 1. The minimum Gasteiger partial charge on any atom is -0.481 e. The average molecular weight is 487 g/mol. The number of aromatic amines is 1. The van der Waals surface area contributed by atoms with Crippen molar-refractivity contribution < 1.29 is 28.7 Å². The van der Waals surface area contributed by atoms with Crippen LogP contribution in [0, 0.1) is 5.82 Å². The Balaban J connectivity index is 1.50. The van der Waals surface area contributed by atoms with Gasteiger partial charge in [0.15, 0.2) is 5.78 Å². The van der Waals surface area contributed by atoms with Gasteiger partial charge in [-0.3, -0.25) is 19.2 Å². The normalized spacial score (nSPS) is 15.4. The number of hydrogen-bond acceptors (Lipinski definition) is 4. The zero-order chi connectivity index (χ0) is 25.4. The van der Waals surface area contributed by atoms with Gasteiger partial charge in [-0.25, -0.2) is 4.39 Å². The van der Waals surface area contributed by atoms with Crippen molar-refractivity contribution >= 4 is 46.6 Å². The molecule has 0 saturated heterocycles. The number of rotatable bonds is 6. The first kappa shape index (κ1) is 23.2. The number of ketones is 1. The Hall–Kier alpha value is -4.53. The van der Waals surface area contributed by atoms with Gasteiger partial charge in [0.2, 0.25) is 0 Å². The third-order valence-electron chi connectivity index (χ3n) is 6.37. The maximum absolute atomic E-state index is 13.2. The summed E-state index contributed by atoms with van der Waals surface area (Å²) >= 11 is 0. The van der Waals surface area contributed by atoms with Crippen LogP contribution in [0.3, 0.4) is 0 Å². The van der Waals surface area contributed by atoms with Gasteiger partial charge in [0.25, 0.3) is 11.8 Å². The molecule has 1 aliphatic carbocycles. The number of nitrogens with one attached hydrogen (secondary N) is 3. The van der Waals surface area contributed by atoms with Gasteiger partial charge in [0.05, 0.1) is 5.57 Å². The number of carbonyl (C=O) groups is 4. The quantitative estimate of drug-likeness (QED) is 0.382. The molecule has 0 bridgehead atoms. The second-order valence-electron chi connectivity index (χ2n) is 8.77. The van der Waals surface area contributed by atoms with Crippen LogP contribution in [0.1, 0.15) is 62.5 Å². The highest BCUT2D eigenvalue weighted by Gasteiger charge is 2.29. The summed E-state index contributed by atoms with van der Waals surface area (Å²) in [4.78, 5) is 52.5. The molecule has 0 saturated carbocycles. The summed E-state index contributed by atoms with van der Waals surface area (Å²) in [5.41, 5.74) is 4.60. The second-order valence-corrected chi connectivity index (χ2v) is 8.77. The Morgan fingerprint density at radius 3 is 2.61 bits per heavy atom. The minimum atomic E-state index is -0.975. The molecular weight excluding hydrogens is 465 g/mol. The highest BCUT2D eigenvalue weighted by atomic mass is 19.1. The number of anilines is 2. The molecule has 1 aromatic heterocycles. The lowest BCUT2D eigenvalue weighted by Crippen LogP contribution is -2.12. The first-order valence-electron chi connectivity index (χ1n) is 11.5. The third kappa shape index (κ3) is 4.43. The van der Waals surface area contributed by atoms with Gasteiger partial charge < -0.3 is 20.7 Å². The molecule has 2 heterocycles. The van der Waals surface area contributed by atoms with Crippen molar-refractivity contribution in [1.29, 1.82) is 0 Å². The minimum absolute atomic E-state index is 0.0281. The summed E-state index contributed by atoms with van der Waals surface area (Å²) in [6.45, 7) is 0. The molecule has 9 heteroatoms. The number of aromatic nitrogens is 1. The predicted molar refractivity (Wildman–Crippen MR) is 131 cm³/mol. The fourth-order valence-electron chi connectivity index (χ4n) is 4.66. The lowest BCUT2D eigenvalue weighted by atomic mass is 9.91. The van der Waals surface area contributed by atoms with E-state index in [2.05, 4.69) is 15.6 Å². The van der Waals surface area contributed by atoms with Gasteiger partial charge >= 0.3 is 5.97 Å². The molecule has 1 aliphatic heterocycles. The molecule has 8 nitrogen and oxygen atoms in total. The Labute approximate surface area is 205 Å². The van der Waals surface area contributed by atoms with Gasteiger partial charge in [-0.1, -0.05) is 0 Å². The number of aryl methyl sites for hydroxylation is 1. The summed E-state index contributed by atoms with van der Waals surface area (Å²) < 4.78 is 13.2. The van der Waals surface area contributed by atoms with Gasteiger partial charge in [-0.15, -0.1) is 0 Å². The Kier molecular flexibility index (Phi) is 5.97. The molecule has 5 rings (SSSR count). The van der Waals surface area contributed by atoms with E-state index < -0.39 is 17.7 Å². The fourth-order valence-corrected chi connectivity index (χ4v) is 4.66. The standard InChI is InChI=1S/C27H22FN3O5/c28-15-6-4-14(5-7-15)26(35)29-16-8-10-20-18(12-16)19(27(36)31-20)13-22-17(9-11-24(33)34)25-21(30-22)2-1-3-23(25)32/h4-8,10,12-13,30H,1-3,9,11H2,(H,29,35)(H,31,36)(H,33,34). The van der Waals surface area contributed by atoms with E-state index in [1.807, 2.05) is 0 Å². The number of Topliss-reactive ketones (excluding diaryl/α,β-unsaturated/α-hetero) is 1. The van der Waals surface area contributed by atoms with Crippen molar-refractivity contribution in [2.75, 3.05) is 10.6 Å². The maximum atomic E-state index is 13.2. The van der Waals surface area contributed by atoms with Crippen LogP contribution in [-0.2, 0) is 22.4 Å². The van der Waals surface area contributed by atoms with Crippen molar-refractivity contribution in [1.82, 2.24) is 4.98 Å². The Bertz CT molecular complexity index is 1450. The number of fused-ring (bicyclic) bond motifs is 2. The summed E-state index contributed by atoms with van der Waals surface area (Å²) in [5.74, 6) is -2.23. The van der Waals surface area contributed by atoms with Crippen LogP contribution in [0.4, 0.5) is 15.8 Å². The molecule has 0 fully saturated rings. The number of carbonyl (C=O) groups excluding carboxylic acids is 3. The van der Waals surface area contributed by atoms with Gasteiger partial charge in [0, 0.05) is 52.3 Å². The maximum Gasteiger partial charge on any atom is 0.303 e. The van der Waals surface area contributed by atoms with E-state index in [4.69, 9.17) is 0 Å². The smallest absolute Gasteiger partial charge is 0.303 e. The van der Waals surface area contributed by atoms with Gasteiger partial charge in [-0.05, 0) is 73.4 Å². The van der Waals surface area contributed by atoms with Crippen LogP contribution in [0.25, 0.3) is 11.6 Å². The first-order valence-corrected chi connectivity index (χ1v) is 11.5. The molecule has 4 N–H and O–H groups in total. The number of amides is 2. The van der Waals surface area contributed by atoms with Gasteiger partial charge in [0.1, 0.15) is 5.82 Å². The highest BCUT2D eigenvalue weighted by molar-refractivity contribution is 6.35. The third-order valence-corrected chi connectivity index (χ3v) is 6.37. The van der Waals surface area contributed by atoms with E-state index in [0.717, 1.165) is 5.69 Å². The van der Waals surface area contributed by atoms with Crippen molar-refractivity contribution in [3.8, 4) is 0 Å². The van der Waals surface area contributed by atoms with Gasteiger partial charge in [-0.2, -0.15) is 0 Å². The molecule has 0 radical (unpaired) electrons. The van der Waals surface area contributed by atoms with Crippen molar-refractivity contribution in [3.05, 3.63) is 81.9 Å². The topological polar surface area (TPSA) is 128 Å². The van der Waals surface area contributed by atoms with E-state index in [1.54, 1.807) is 24.3 Å². The predicted octanol–water partition coefficient (Wildman–Crippen LogP) is 4.44. The fraction of sp³-hybridized carbons (Fsp3) is 0.185. The lowest BCUT2D eigenvalue weighted by molar-refractivity contribution is -0.137. The van der Waals surface area contributed by atoms with E-state index in [9.17, 15) is 28.7 Å². The summed E-state index contributed by atoms with van der Waals surface area (Å²) in [7, 11) is 0. The molecule has 36 heavy (non-hydrogen) atoms. The van der Waals surface area contributed by atoms with E-state index in [1.165, 1.54) is 24.3 Å². The van der Waals surface area contributed by atoms with Crippen molar-refractivity contribution in [2.24, 2.45) is 0 Å². The summed E-state index contributed by atoms with van der Waals surface area (Å²) in [5, 5.41) is 14.7. The van der Waals surface area contributed by atoms with Crippen LogP contribution in [0.5, 0.6) is 0 Å². The molecule has 0 spiro atoms. The monoisotopic (exact) mass is 487 g/mol. The summed E-state index contributed by atoms with van der Waals surface area (Å²) in [6, 6.07) is 10.1. The zero-order valence-electron chi connectivity index (χ0n) is 19.1. The number of H-pyrrole nitrogens is 1. The molecule has 2 aromatic carbocycles. The number of halogens is 1. The second kappa shape index (κ2) is 9.26. The molecular formula is C27H22FN3O5. The zero-order valence-corrected chi connectivity index (χ0v) is 19.1. The average Bonchev–Trinajstić information content (AvgIpc) is 3.35. The largest absolute Gasteiger partial charge is 0.481 e. The van der Waals surface area contributed by atoms with Crippen LogP contribution in [0.2, 0.25) is 0 Å². The van der Waals surface area contributed by atoms with Crippen LogP contribution in [-0.4, -0.2) is 33.7 Å². The number of carboxylic acids is 1. The molecule has 0 atom stereocenters. The number of benzene rings is 2. The summed E-state index contributed by atoms with van der Waals surface area (Å²) in [6.07, 6.45) is 3.44. The van der Waals surface area contributed by atoms with Crippen molar-refractivity contribution in [3.63, 3.8) is 0 Å². The molecule has 2 amide bonds. The van der Waals surface area contributed by atoms with E-state index in [0.29, 0.717) is 58.6 Å². The molecule has 182 valence electrons. The van der Waals surface area contributed by atoms with E-state index in [-0.39, 0.29) is 30.1 Å². The Morgan fingerprint density at radius 2 is 1.86 bits per heavy atom. The lowest BCUT2D eigenvalue weighted by Gasteiger charge is -2.11. The molecule has 0 unspecified atom stereocenters. The number of hydrogen-bond donors (Lipinski definition) is 4. The van der Waals surface area contributed by atoms with Crippen LogP contribution >= 0.6 is 0 Å². The SMILES string of the molecule is O=C(O)CCc1c(C=C2C(=O)Nc3ccc(NC(=O)c4ccc(F)cc4)cc32)[nH]c2c1C(=O)CCC2.